The van der Waals surface area contributed by atoms with Gasteiger partial charge in [0.2, 0.25) is 5.91 Å². The van der Waals surface area contributed by atoms with E-state index in [1.807, 2.05) is 13.0 Å². The first-order valence-electron chi connectivity index (χ1n) is 8.21. The van der Waals surface area contributed by atoms with Crippen molar-refractivity contribution in [1.29, 1.82) is 0 Å². The van der Waals surface area contributed by atoms with E-state index in [0.29, 0.717) is 5.69 Å². The lowest BCUT2D eigenvalue weighted by atomic mass is 10.2. The molecule has 2 amide bonds. The van der Waals surface area contributed by atoms with E-state index < -0.39 is 36.8 Å². The smallest absolute Gasteiger partial charge is 0.344 e. The summed E-state index contributed by atoms with van der Waals surface area (Å²) < 4.78 is 23.9. The largest absolute Gasteiger partial charge is 0.479 e. The highest BCUT2D eigenvalue weighted by Crippen LogP contribution is 2.19. The predicted molar refractivity (Wildman–Crippen MR) is 103 cm³/mol. The highest BCUT2D eigenvalue weighted by Gasteiger charge is 2.12. The van der Waals surface area contributed by atoms with Crippen LogP contribution in [0.4, 0.5) is 10.1 Å². The molecule has 0 bridgehead atoms. The summed E-state index contributed by atoms with van der Waals surface area (Å²) in [7, 11) is 0. The first kappa shape index (κ1) is 21.4. The molecule has 0 fully saturated rings. The lowest BCUT2D eigenvalue weighted by Crippen LogP contribution is -2.36. The van der Waals surface area contributed by atoms with Gasteiger partial charge in [-0.2, -0.15) is 0 Å². The number of carbonyl (C=O) groups excluding carboxylic acids is 3. The fourth-order valence-electron chi connectivity index (χ4n) is 2.08. The van der Waals surface area contributed by atoms with E-state index >= 15 is 0 Å². The molecule has 0 heterocycles. The van der Waals surface area contributed by atoms with Crippen molar-refractivity contribution in [2.45, 2.75) is 6.92 Å². The number of para-hydroxylation sites is 1. The summed E-state index contributed by atoms with van der Waals surface area (Å²) >= 11 is 3.33. The summed E-state index contributed by atoms with van der Waals surface area (Å²) in [5.74, 6) is -2.62. The fourth-order valence-corrected chi connectivity index (χ4v) is 2.55. The van der Waals surface area contributed by atoms with Crippen LogP contribution in [-0.2, 0) is 19.1 Å². The Labute approximate surface area is 169 Å². The molecular weight excluding hydrogens is 435 g/mol. The lowest BCUT2D eigenvalue weighted by Gasteiger charge is -2.10. The summed E-state index contributed by atoms with van der Waals surface area (Å²) in [4.78, 5) is 35.1. The van der Waals surface area contributed by atoms with Gasteiger partial charge >= 0.3 is 5.97 Å². The molecule has 0 aromatic heterocycles. The van der Waals surface area contributed by atoms with Gasteiger partial charge in [-0.3, -0.25) is 9.59 Å². The van der Waals surface area contributed by atoms with Crippen LogP contribution in [0.25, 0.3) is 0 Å². The van der Waals surface area contributed by atoms with Crippen LogP contribution in [0.15, 0.2) is 46.9 Å². The third-order valence-corrected chi connectivity index (χ3v) is 3.95. The Balaban J connectivity index is 1.67. The second-order valence-corrected chi connectivity index (χ2v) is 6.58. The normalized spacial score (nSPS) is 10.1. The van der Waals surface area contributed by atoms with Crippen molar-refractivity contribution < 1.29 is 28.2 Å². The van der Waals surface area contributed by atoms with Crippen molar-refractivity contribution in [3.63, 3.8) is 0 Å². The number of halogens is 2. The zero-order valence-electron chi connectivity index (χ0n) is 15.0. The molecule has 28 heavy (non-hydrogen) atoms. The van der Waals surface area contributed by atoms with Gasteiger partial charge in [0.15, 0.2) is 24.8 Å². The molecule has 7 nitrogen and oxygen atoms in total. The number of carbonyl (C=O) groups is 3. The molecule has 2 aromatic rings. The second kappa shape index (κ2) is 10.4. The number of aryl methyl sites for hydroxylation is 1. The van der Waals surface area contributed by atoms with Crippen LogP contribution in [0.5, 0.6) is 5.75 Å². The molecule has 2 rings (SSSR count). The summed E-state index contributed by atoms with van der Waals surface area (Å²) in [6, 6.07) is 10.9. The number of hydrogen-bond donors (Lipinski definition) is 2. The van der Waals surface area contributed by atoms with Gasteiger partial charge in [0.1, 0.15) is 0 Å². The number of ether oxygens (including phenoxy) is 2. The van der Waals surface area contributed by atoms with E-state index in [9.17, 15) is 18.8 Å². The van der Waals surface area contributed by atoms with Crippen LogP contribution in [0.3, 0.4) is 0 Å². The maximum Gasteiger partial charge on any atom is 0.344 e. The minimum absolute atomic E-state index is 0.0937. The zero-order valence-corrected chi connectivity index (χ0v) is 16.5. The van der Waals surface area contributed by atoms with Gasteiger partial charge in [-0.25, -0.2) is 9.18 Å². The van der Waals surface area contributed by atoms with Gasteiger partial charge in [0, 0.05) is 10.2 Å². The molecule has 2 aromatic carbocycles. The molecule has 2 N–H and O–H groups in total. The number of hydrogen-bond acceptors (Lipinski definition) is 5. The predicted octanol–water partition coefficient (Wildman–Crippen LogP) is 2.57. The average Bonchev–Trinajstić information content (AvgIpc) is 2.66. The van der Waals surface area contributed by atoms with E-state index in [4.69, 9.17) is 9.47 Å². The molecule has 9 heteroatoms. The second-order valence-electron chi connectivity index (χ2n) is 5.66. The van der Waals surface area contributed by atoms with Crippen molar-refractivity contribution in [3.05, 3.63) is 58.3 Å². The van der Waals surface area contributed by atoms with Crippen LogP contribution >= 0.6 is 15.9 Å². The monoisotopic (exact) mass is 452 g/mol. The minimum Gasteiger partial charge on any atom is -0.479 e. The number of benzene rings is 2. The SMILES string of the molecule is Cc1cc(Br)ccc1NC(=O)CNC(=O)COC(=O)COc1ccccc1F. The molecule has 0 saturated heterocycles. The Bertz CT molecular complexity index is 875. The third kappa shape index (κ3) is 6.99. The first-order chi connectivity index (χ1) is 13.3. The molecule has 0 atom stereocenters. The highest BCUT2D eigenvalue weighted by molar-refractivity contribution is 9.10. The number of amides is 2. The van der Waals surface area contributed by atoms with Crippen LogP contribution in [0.1, 0.15) is 5.56 Å². The standard InChI is InChI=1S/C19H18BrFN2O5/c1-12-8-13(20)6-7-15(12)23-17(24)9-22-18(25)10-28-19(26)11-27-16-5-3-2-4-14(16)21/h2-8H,9-11H2,1H3,(H,22,25)(H,23,24). The Morgan fingerprint density at radius 1 is 1.07 bits per heavy atom. The van der Waals surface area contributed by atoms with Crippen molar-refractivity contribution >= 4 is 39.4 Å². The third-order valence-electron chi connectivity index (χ3n) is 3.46. The van der Waals surface area contributed by atoms with Gasteiger partial charge in [0.25, 0.3) is 5.91 Å². The lowest BCUT2D eigenvalue weighted by molar-refractivity contribution is -0.150. The molecule has 0 spiro atoms. The van der Waals surface area contributed by atoms with Crippen LogP contribution in [0.2, 0.25) is 0 Å². The van der Waals surface area contributed by atoms with Gasteiger partial charge in [-0.15, -0.1) is 0 Å². The minimum atomic E-state index is -0.839. The van der Waals surface area contributed by atoms with Gasteiger partial charge in [0.05, 0.1) is 6.54 Å². The Kier molecular flexibility index (Phi) is 7.94. The van der Waals surface area contributed by atoms with Gasteiger partial charge < -0.3 is 20.1 Å². The maximum absolute atomic E-state index is 13.3. The molecule has 0 aliphatic rings. The Hall–Kier alpha value is -2.94. The topological polar surface area (TPSA) is 93.7 Å². The fraction of sp³-hybridized carbons (Fsp3) is 0.211. The molecule has 0 saturated carbocycles. The van der Waals surface area contributed by atoms with Crippen LogP contribution < -0.4 is 15.4 Å². The van der Waals surface area contributed by atoms with Crippen molar-refractivity contribution in [2.24, 2.45) is 0 Å². The number of esters is 1. The van der Waals surface area contributed by atoms with Gasteiger partial charge in [-0.05, 0) is 42.8 Å². The quantitative estimate of drug-likeness (QED) is 0.600. The maximum atomic E-state index is 13.3. The zero-order chi connectivity index (χ0) is 20.5. The average molecular weight is 453 g/mol. The first-order valence-corrected chi connectivity index (χ1v) is 9.00. The van der Waals surface area contributed by atoms with Crippen molar-refractivity contribution in [2.75, 3.05) is 25.1 Å². The number of nitrogens with one attached hydrogen (secondary N) is 2. The summed E-state index contributed by atoms with van der Waals surface area (Å²) in [5, 5.41) is 5.00. The van der Waals surface area contributed by atoms with Crippen molar-refractivity contribution in [1.82, 2.24) is 5.32 Å². The number of anilines is 1. The molecule has 0 radical (unpaired) electrons. The van der Waals surface area contributed by atoms with Gasteiger partial charge in [-0.1, -0.05) is 28.1 Å². The highest BCUT2D eigenvalue weighted by atomic mass is 79.9. The van der Waals surface area contributed by atoms with Crippen LogP contribution in [-0.4, -0.2) is 37.5 Å². The molecule has 0 aliphatic heterocycles. The molecule has 0 unspecified atom stereocenters. The van der Waals surface area contributed by atoms with Crippen LogP contribution in [0, 0.1) is 12.7 Å². The Morgan fingerprint density at radius 3 is 2.54 bits per heavy atom. The van der Waals surface area contributed by atoms with E-state index in [0.717, 1.165) is 10.0 Å². The van der Waals surface area contributed by atoms with E-state index in [1.54, 1.807) is 18.2 Å². The van der Waals surface area contributed by atoms with E-state index in [1.165, 1.54) is 18.2 Å². The Morgan fingerprint density at radius 2 is 1.82 bits per heavy atom. The summed E-state index contributed by atoms with van der Waals surface area (Å²) in [6.45, 7) is 0.432. The van der Waals surface area contributed by atoms with E-state index in [-0.39, 0.29) is 12.3 Å². The molecule has 148 valence electrons. The molecule has 0 aliphatic carbocycles. The van der Waals surface area contributed by atoms with E-state index in [2.05, 4.69) is 26.6 Å². The van der Waals surface area contributed by atoms with Crippen molar-refractivity contribution in [3.8, 4) is 5.75 Å². The summed E-state index contributed by atoms with van der Waals surface area (Å²) in [5.41, 5.74) is 1.48. The molecular formula is C19H18BrFN2O5. The number of rotatable bonds is 8. The summed E-state index contributed by atoms with van der Waals surface area (Å²) in [6.07, 6.45) is 0.